The molecule has 0 amide bonds. The molecule has 0 saturated heterocycles. The molecule has 3 aromatic rings. The molecule has 1 aromatic carbocycles. The normalized spacial score (nSPS) is 20.2. The quantitative estimate of drug-likeness (QED) is 0.521. The van der Waals surface area contributed by atoms with E-state index in [4.69, 9.17) is 9.97 Å². The minimum absolute atomic E-state index is 0.421. The Balaban J connectivity index is 1.23. The Hall–Kier alpha value is -2.56. The van der Waals surface area contributed by atoms with E-state index in [1.165, 1.54) is 59.3 Å². The van der Waals surface area contributed by atoms with Crippen molar-refractivity contribution >= 4 is 0 Å². The zero-order chi connectivity index (χ0) is 21.9. The molecule has 166 valence electrons. The summed E-state index contributed by atoms with van der Waals surface area (Å²) in [4.78, 5) is 14.4. The van der Waals surface area contributed by atoms with Crippen LogP contribution in [0.4, 0.5) is 0 Å². The van der Waals surface area contributed by atoms with Gasteiger partial charge in [-0.05, 0) is 87.0 Å². The Morgan fingerprint density at radius 2 is 1.12 bits per heavy atom. The van der Waals surface area contributed by atoms with Crippen molar-refractivity contribution in [1.82, 2.24) is 19.8 Å². The van der Waals surface area contributed by atoms with Crippen LogP contribution in [-0.4, -0.2) is 33.9 Å². The number of nitrogens with zero attached hydrogens (tertiary/aromatic N) is 4. The Morgan fingerprint density at radius 3 is 1.56 bits per heavy atom. The number of aryl methyl sites for hydroxylation is 2. The number of aromatic nitrogens is 2. The first-order valence-corrected chi connectivity index (χ1v) is 12.0. The molecular formula is C28H34N4. The minimum atomic E-state index is 0.421. The molecule has 2 aliphatic carbocycles. The minimum Gasteiger partial charge on any atom is -0.294 e. The standard InChI is InChI=1S/C28H34N4/c1-31(25-11-3-7-23-9-5-17-29-27(23)25)19-21-13-15-22(16-14-21)20-32(2)26-12-4-8-24-10-6-18-30-28(24)26/h5-6,9-10,13-18,25-26H,3-4,7-8,11-12,19-20H2,1-2H3. The van der Waals surface area contributed by atoms with Gasteiger partial charge in [-0.1, -0.05) is 36.4 Å². The molecule has 0 fully saturated rings. The van der Waals surface area contributed by atoms with Crippen LogP contribution in [0.3, 0.4) is 0 Å². The Kier molecular flexibility index (Phi) is 6.33. The van der Waals surface area contributed by atoms with Crippen LogP contribution in [0, 0.1) is 0 Å². The van der Waals surface area contributed by atoms with Crippen molar-refractivity contribution in [2.45, 2.75) is 63.7 Å². The van der Waals surface area contributed by atoms with Gasteiger partial charge in [-0.15, -0.1) is 0 Å². The van der Waals surface area contributed by atoms with Crippen molar-refractivity contribution in [3.63, 3.8) is 0 Å². The molecular weight excluding hydrogens is 392 g/mol. The fourth-order valence-corrected chi connectivity index (χ4v) is 5.57. The summed E-state index contributed by atoms with van der Waals surface area (Å²) >= 11 is 0. The van der Waals surface area contributed by atoms with Gasteiger partial charge in [0.2, 0.25) is 0 Å². The summed E-state index contributed by atoms with van der Waals surface area (Å²) in [5.74, 6) is 0. The van der Waals surface area contributed by atoms with Crippen molar-refractivity contribution < 1.29 is 0 Å². The fourth-order valence-electron chi connectivity index (χ4n) is 5.57. The van der Waals surface area contributed by atoms with E-state index in [-0.39, 0.29) is 0 Å². The Bertz CT molecular complexity index is 961. The molecule has 0 N–H and O–H groups in total. The summed E-state index contributed by atoms with van der Waals surface area (Å²) in [7, 11) is 4.48. The van der Waals surface area contributed by atoms with Gasteiger partial charge in [0.05, 0.1) is 23.5 Å². The van der Waals surface area contributed by atoms with Gasteiger partial charge in [0, 0.05) is 25.5 Å². The molecule has 2 atom stereocenters. The van der Waals surface area contributed by atoms with Gasteiger partial charge in [0.1, 0.15) is 0 Å². The SMILES string of the molecule is CN(Cc1ccc(CN(C)C2CCCc3cccnc32)cc1)C1CCCc2cccnc21. The van der Waals surface area contributed by atoms with E-state index in [1.54, 1.807) is 0 Å². The Labute approximate surface area is 192 Å². The molecule has 4 heteroatoms. The number of benzene rings is 1. The third-order valence-corrected chi connectivity index (χ3v) is 7.28. The van der Waals surface area contributed by atoms with Crippen molar-refractivity contribution in [3.8, 4) is 0 Å². The van der Waals surface area contributed by atoms with Crippen LogP contribution in [-0.2, 0) is 25.9 Å². The lowest BCUT2D eigenvalue weighted by molar-refractivity contribution is 0.207. The van der Waals surface area contributed by atoms with E-state index < -0.39 is 0 Å². The highest BCUT2D eigenvalue weighted by molar-refractivity contribution is 5.28. The number of rotatable bonds is 6. The first-order chi connectivity index (χ1) is 15.7. The Morgan fingerprint density at radius 1 is 0.688 bits per heavy atom. The van der Waals surface area contributed by atoms with Gasteiger partial charge >= 0.3 is 0 Å². The van der Waals surface area contributed by atoms with E-state index in [0.717, 1.165) is 25.9 Å². The maximum atomic E-state index is 4.72. The number of fused-ring (bicyclic) bond motifs is 2. The summed E-state index contributed by atoms with van der Waals surface area (Å²) in [6.07, 6.45) is 11.1. The molecule has 2 unspecified atom stereocenters. The molecule has 0 aliphatic heterocycles. The highest BCUT2D eigenvalue weighted by atomic mass is 15.1. The van der Waals surface area contributed by atoms with E-state index in [1.807, 2.05) is 12.4 Å². The van der Waals surface area contributed by atoms with Crippen LogP contribution in [0.15, 0.2) is 60.9 Å². The molecule has 2 aliphatic rings. The van der Waals surface area contributed by atoms with E-state index in [2.05, 4.69) is 72.4 Å². The zero-order valence-corrected chi connectivity index (χ0v) is 19.4. The third-order valence-electron chi connectivity index (χ3n) is 7.28. The van der Waals surface area contributed by atoms with Crippen LogP contribution < -0.4 is 0 Å². The molecule has 4 nitrogen and oxygen atoms in total. The van der Waals surface area contributed by atoms with Crippen LogP contribution in [0.25, 0.3) is 0 Å². The zero-order valence-electron chi connectivity index (χ0n) is 19.4. The predicted octanol–water partition coefficient (Wildman–Crippen LogP) is 5.50. The van der Waals surface area contributed by atoms with Crippen LogP contribution in [0.1, 0.15) is 71.4 Å². The number of pyridine rings is 2. The summed E-state index contributed by atoms with van der Waals surface area (Å²) < 4.78 is 0. The van der Waals surface area contributed by atoms with Gasteiger partial charge in [0.25, 0.3) is 0 Å². The highest BCUT2D eigenvalue weighted by Crippen LogP contribution is 2.34. The number of hydrogen-bond donors (Lipinski definition) is 0. The first kappa shape index (κ1) is 21.3. The lowest BCUT2D eigenvalue weighted by atomic mass is 9.90. The van der Waals surface area contributed by atoms with Gasteiger partial charge in [-0.3, -0.25) is 19.8 Å². The molecule has 0 saturated carbocycles. The summed E-state index contributed by atoms with van der Waals surface area (Å²) in [6.45, 7) is 1.91. The fraction of sp³-hybridized carbons (Fsp3) is 0.429. The maximum absolute atomic E-state index is 4.72. The summed E-state index contributed by atoms with van der Waals surface area (Å²) in [5.41, 5.74) is 8.14. The van der Waals surface area contributed by atoms with Crippen molar-refractivity contribution in [2.24, 2.45) is 0 Å². The van der Waals surface area contributed by atoms with Crippen molar-refractivity contribution in [3.05, 3.63) is 94.6 Å². The smallest absolute Gasteiger partial charge is 0.0607 e. The van der Waals surface area contributed by atoms with Gasteiger partial charge in [0.15, 0.2) is 0 Å². The molecule has 0 bridgehead atoms. The molecule has 0 radical (unpaired) electrons. The van der Waals surface area contributed by atoms with E-state index >= 15 is 0 Å². The average Bonchev–Trinajstić information content (AvgIpc) is 2.84. The van der Waals surface area contributed by atoms with Crippen LogP contribution in [0.5, 0.6) is 0 Å². The van der Waals surface area contributed by atoms with E-state index in [9.17, 15) is 0 Å². The van der Waals surface area contributed by atoms with Crippen molar-refractivity contribution in [1.29, 1.82) is 0 Å². The molecule has 0 spiro atoms. The summed E-state index contributed by atoms with van der Waals surface area (Å²) in [6, 6.07) is 18.7. The second kappa shape index (κ2) is 9.51. The molecule has 5 rings (SSSR count). The molecule has 2 aromatic heterocycles. The second-order valence-electron chi connectivity index (χ2n) is 9.56. The number of hydrogen-bond acceptors (Lipinski definition) is 4. The third kappa shape index (κ3) is 4.48. The van der Waals surface area contributed by atoms with Gasteiger partial charge in [-0.25, -0.2) is 0 Å². The van der Waals surface area contributed by atoms with Gasteiger partial charge in [-0.2, -0.15) is 0 Å². The maximum Gasteiger partial charge on any atom is 0.0607 e. The average molecular weight is 427 g/mol. The monoisotopic (exact) mass is 426 g/mol. The lowest BCUT2D eigenvalue weighted by Crippen LogP contribution is -2.29. The lowest BCUT2D eigenvalue weighted by Gasteiger charge is -2.33. The topological polar surface area (TPSA) is 32.3 Å². The van der Waals surface area contributed by atoms with Gasteiger partial charge < -0.3 is 0 Å². The van der Waals surface area contributed by atoms with Crippen LogP contribution in [0.2, 0.25) is 0 Å². The summed E-state index contributed by atoms with van der Waals surface area (Å²) in [5, 5.41) is 0. The predicted molar refractivity (Wildman–Crippen MR) is 129 cm³/mol. The largest absolute Gasteiger partial charge is 0.294 e. The van der Waals surface area contributed by atoms with Crippen LogP contribution >= 0.6 is 0 Å². The first-order valence-electron chi connectivity index (χ1n) is 12.0. The molecule has 2 heterocycles. The second-order valence-corrected chi connectivity index (χ2v) is 9.56. The van der Waals surface area contributed by atoms with Crippen molar-refractivity contribution in [2.75, 3.05) is 14.1 Å². The molecule has 32 heavy (non-hydrogen) atoms. The van der Waals surface area contributed by atoms with E-state index in [0.29, 0.717) is 12.1 Å². The highest BCUT2D eigenvalue weighted by Gasteiger charge is 2.26.